The Morgan fingerprint density at radius 2 is 2.06 bits per heavy atom. The van der Waals surface area contributed by atoms with Crippen LogP contribution in [-0.4, -0.2) is 58.0 Å². The number of sulfonamides is 1. The van der Waals surface area contributed by atoms with Gasteiger partial charge in [-0.3, -0.25) is 0 Å². The largest absolute Gasteiger partial charge is 0.330 e. The third kappa shape index (κ3) is 3.16. The van der Waals surface area contributed by atoms with Crippen LogP contribution in [0.4, 0.5) is 0 Å². The molecule has 0 aromatic heterocycles. The Morgan fingerprint density at radius 3 is 2.50 bits per heavy atom. The highest BCUT2D eigenvalue weighted by molar-refractivity contribution is 7.95. The van der Waals surface area contributed by atoms with Gasteiger partial charge in [0.2, 0.25) is 10.0 Å². The molecule has 1 fully saturated rings. The number of nitrogens with two attached hydrogens (primary N) is 1. The van der Waals surface area contributed by atoms with Gasteiger partial charge >= 0.3 is 0 Å². The maximum absolute atomic E-state index is 11.9. The first-order valence-electron chi connectivity index (χ1n) is 5.15. The van der Waals surface area contributed by atoms with Gasteiger partial charge in [0.15, 0.2) is 9.84 Å². The first-order chi connectivity index (χ1) is 7.29. The van der Waals surface area contributed by atoms with Crippen molar-refractivity contribution in [3.63, 3.8) is 0 Å². The Morgan fingerprint density at radius 1 is 1.44 bits per heavy atom. The summed E-state index contributed by atoms with van der Waals surface area (Å²) < 4.78 is 47.6. The third-order valence-corrected chi connectivity index (χ3v) is 7.00. The number of nitrogens with zero attached hydrogens (tertiary/aromatic N) is 1. The fourth-order valence-corrected chi connectivity index (χ4v) is 6.00. The zero-order chi connectivity index (χ0) is 12.4. The minimum atomic E-state index is -3.48. The highest BCUT2D eigenvalue weighted by atomic mass is 32.2. The van der Waals surface area contributed by atoms with Crippen LogP contribution in [0.15, 0.2) is 0 Å². The summed E-state index contributed by atoms with van der Waals surface area (Å²) in [7, 11) is -5.18. The van der Waals surface area contributed by atoms with Crippen molar-refractivity contribution >= 4 is 19.9 Å². The van der Waals surface area contributed by atoms with E-state index in [1.54, 1.807) is 0 Å². The predicted octanol–water partition coefficient (Wildman–Crippen LogP) is -1.22. The van der Waals surface area contributed by atoms with E-state index in [1.807, 2.05) is 0 Å². The van der Waals surface area contributed by atoms with Gasteiger partial charge in [0.25, 0.3) is 0 Å². The predicted molar refractivity (Wildman–Crippen MR) is 62.3 cm³/mol. The highest BCUT2D eigenvalue weighted by Gasteiger charge is 2.38. The smallest absolute Gasteiger partial charge is 0.217 e. The van der Waals surface area contributed by atoms with Crippen LogP contribution in [0.25, 0.3) is 0 Å². The van der Waals surface area contributed by atoms with Crippen molar-refractivity contribution in [2.45, 2.75) is 18.1 Å². The van der Waals surface area contributed by atoms with Gasteiger partial charge in [-0.05, 0) is 19.4 Å². The molecule has 0 radical (unpaired) electrons. The fraction of sp³-hybridized carbons (Fsp3) is 1.00. The molecule has 1 rings (SSSR count). The molecule has 0 aliphatic carbocycles. The van der Waals surface area contributed by atoms with Crippen molar-refractivity contribution in [1.82, 2.24) is 4.31 Å². The van der Waals surface area contributed by atoms with Crippen LogP contribution in [-0.2, 0) is 19.9 Å². The molecule has 0 saturated carbocycles. The molecule has 1 heterocycles. The average Bonchev–Trinajstić information content (AvgIpc) is 2.55. The van der Waals surface area contributed by atoms with Crippen LogP contribution in [0.2, 0.25) is 0 Å². The summed E-state index contributed by atoms with van der Waals surface area (Å²) in [6.07, 6.45) is 0.785. The van der Waals surface area contributed by atoms with Crippen LogP contribution < -0.4 is 5.73 Å². The molecule has 1 unspecified atom stereocenters. The van der Waals surface area contributed by atoms with E-state index in [4.69, 9.17) is 5.73 Å². The van der Waals surface area contributed by atoms with E-state index in [9.17, 15) is 16.8 Å². The van der Waals surface area contributed by atoms with E-state index in [0.717, 1.165) is 0 Å². The zero-order valence-electron chi connectivity index (χ0n) is 9.29. The Hall–Kier alpha value is -0.180. The molecule has 1 aliphatic rings. The molecule has 0 aromatic carbocycles. The molecule has 6 nitrogen and oxygen atoms in total. The number of rotatable bonds is 5. The first-order valence-corrected chi connectivity index (χ1v) is 8.48. The lowest BCUT2D eigenvalue weighted by atomic mass is 10.4. The maximum Gasteiger partial charge on any atom is 0.217 e. The van der Waals surface area contributed by atoms with Gasteiger partial charge in [0.05, 0.1) is 16.8 Å². The van der Waals surface area contributed by atoms with E-state index in [0.29, 0.717) is 19.5 Å². The van der Waals surface area contributed by atoms with Gasteiger partial charge < -0.3 is 5.73 Å². The van der Waals surface area contributed by atoms with Crippen LogP contribution >= 0.6 is 0 Å². The lowest BCUT2D eigenvalue weighted by molar-refractivity contribution is 0.455. The molecular weight excluding hydrogens is 252 g/mol. The third-order valence-electron chi connectivity index (χ3n) is 2.72. The van der Waals surface area contributed by atoms with Crippen LogP contribution in [0.5, 0.6) is 0 Å². The van der Waals surface area contributed by atoms with Gasteiger partial charge in [-0.15, -0.1) is 0 Å². The van der Waals surface area contributed by atoms with Crippen molar-refractivity contribution < 1.29 is 16.8 Å². The van der Waals surface area contributed by atoms with Gasteiger partial charge in [-0.25, -0.2) is 21.1 Å². The summed E-state index contributed by atoms with van der Waals surface area (Å²) in [5.74, 6) is -0.274. The topological polar surface area (TPSA) is 97.5 Å². The molecule has 0 amide bonds. The second kappa shape index (κ2) is 4.99. The standard InChI is InChI=1S/C8H18N2O4S2/c1-10(5-2-4-9)16(13,14)8-3-6-15(11,12)7-8/h8H,2-7,9H2,1H3. The molecule has 0 bridgehead atoms. The van der Waals surface area contributed by atoms with E-state index in [-0.39, 0.29) is 17.9 Å². The van der Waals surface area contributed by atoms with E-state index in [2.05, 4.69) is 0 Å². The summed E-state index contributed by atoms with van der Waals surface area (Å²) in [5.41, 5.74) is 5.30. The lowest BCUT2D eigenvalue weighted by Crippen LogP contribution is -2.37. The zero-order valence-corrected chi connectivity index (χ0v) is 10.9. The molecule has 1 aliphatic heterocycles. The van der Waals surface area contributed by atoms with Crippen molar-refractivity contribution in [1.29, 1.82) is 0 Å². The quantitative estimate of drug-likeness (QED) is 0.675. The second-order valence-electron chi connectivity index (χ2n) is 4.03. The lowest BCUT2D eigenvalue weighted by Gasteiger charge is -2.20. The van der Waals surface area contributed by atoms with Crippen molar-refractivity contribution in [3.8, 4) is 0 Å². The minimum absolute atomic E-state index is 0.0262. The average molecular weight is 270 g/mol. The molecule has 1 saturated heterocycles. The Kier molecular flexibility index (Phi) is 4.33. The van der Waals surface area contributed by atoms with E-state index < -0.39 is 25.1 Å². The van der Waals surface area contributed by atoms with Gasteiger partial charge in [-0.2, -0.15) is 0 Å². The monoisotopic (exact) mass is 270 g/mol. The summed E-state index contributed by atoms with van der Waals surface area (Å²) in [6.45, 7) is 0.762. The molecule has 8 heteroatoms. The van der Waals surface area contributed by atoms with Gasteiger partial charge in [0.1, 0.15) is 0 Å². The van der Waals surface area contributed by atoms with Crippen LogP contribution in [0.3, 0.4) is 0 Å². The Labute approximate surface area is 96.8 Å². The van der Waals surface area contributed by atoms with Crippen molar-refractivity contribution in [2.75, 3.05) is 31.6 Å². The van der Waals surface area contributed by atoms with Crippen molar-refractivity contribution in [2.24, 2.45) is 5.73 Å². The molecule has 2 N–H and O–H groups in total. The normalized spacial score (nSPS) is 25.1. The van der Waals surface area contributed by atoms with Gasteiger partial charge in [-0.1, -0.05) is 0 Å². The minimum Gasteiger partial charge on any atom is -0.330 e. The number of hydrogen-bond acceptors (Lipinski definition) is 5. The Balaban J connectivity index is 2.72. The Bertz CT molecular complexity index is 429. The molecule has 16 heavy (non-hydrogen) atoms. The molecule has 0 aromatic rings. The molecule has 96 valence electrons. The number of hydrogen-bond donors (Lipinski definition) is 1. The SMILES string of the molecule is CN(CCCN)S(=O)(=O)C1CCS(=O)(=O)C1. The maximum atomic E-state index is 11.9. The van der Waals surface area contributed by atoms with E-state index >= 15 is 0 Å². The van der Waals surface area contributed by atoms with Crippen LogP contribution in [0, 0.1) is 0 Å². The van der Waals surface area contributed by atoms with Crippen molar-refractivity contribution in [3.05, 3.63) is 0 Å². The molecule has 0 spiro atoms. The first kappa shape index (κ1) is 13.9. The number of sulfone groups is 1. The van der Waals surface area contributed by atoms with Crippen LogP contribution in [0.1, 0.15) is 12.8 Å². The molecule has 1 atom stereocenters. The summed E-state index contributed by atoms with van der Waals surface area (Å²) >= 11 is 0. The van der Waals surface area contributed by atoms with E-state index in [1.165, 1.54) is 11.4 Å². The fourth-order valence-electron chi connectivity index (χ4n) is 1.69. The summed E-state index contributed by atoms with van der Waals surface area (Å²) in [6, 6.07) is 0. The second-order valence-corrected chi connectivity index (χ2v) is 8.58. The van der Waals surface area contributed by atoms with Gasteiger partial charge in [0, 0.05) is 13.6 Å². The highest BCUT2D eigenvalue weighted by Crippen LogP contribution is 2.21. The molecular formula is C8H18N2O4S2. The summed E-state index contributed by atoms with van der Waals surface area (Å²) in [5, 5.41) is -0.778. The summed E-state index contributed by atoms with van der Waals surface area (Å²) in [4.78, 5) is 0.